The number of amides is 3. The fourth-order valence-corrected chi connectivity index (χ4v) is 1.98. The molecule has 0 atom stereocenters. The Kier molecular flexibility index (Phi) is 9.55. The monoisotopic (exact) mass is 422 g/mol. The summed E-state index contributed by atoms with van der Waals surface area (Å²) < 4.78 is 4.23. The van der Waals surface area contributed by atoms with Crippen molar-refractivity contribution in [1.82, 2.24) is 10.2 Å². The van der Waals surface area contributed by atoms with Gasteiger partial charge in [0.25, 0.3) is 11.8 Å². The molecule has 0 bridgehead atoms. The number of hydrogen-bond donors (Lipinski definition) is 2. The second-order valence-corrected chi connectivity index (χ2v) is 6.48. The summed E-state index contributed by atoms with van der Waals surface area (Å²) >= 11 is 0. The van der Waals surface area contributed by atoms with Gasteiger partial charge in [0.1, 0.15) is 0 Å². The van der Waals surface area contributed by atoms with Gasteiger partial charge in [-0.25, -0.2) is 14.4 Å². The average molecular weight is 422 g/mol. The third-order valence-electron chi connectivity index (χ3n) is 4.62. The summed E-state index contributed by atoms with van der Waals surface area (Å²) in [6.07, 6.45) is 0. The van der Waals surface area contributed by atoms with Crippen molar-refractivity contribution in [2.75, 3.05) is 14.1 Å². The minimum Gasteiger partial charge on any atom is -0.478 e. The van der Waals surface area contributed by atoms with E-state index in [1.807, 2.05) is 0 Å². The first-order chi connectivity index (χ1) is 13.7. The number of carboxylic acid groups (broad SMARTS) is 1. The number of cyclic esters (lactones) is 2. The topological polar surface area (TPSA) is 147 Å². The smallest absolute Gasteiger partial charge is 0.342 e. The van der Waals surface area contributed by atoms with E-state index in [2.05, 4.69) is 10.1 Å². The highest BCUT2D eigenvalue weighted by Gasteiger charge is 2.29. The number of carboxylic acids is 1. The van der Waals surface area contributed by atoms with Crippen molar-refractivity contribution >= 4 is 35.6 Å². The minimum absolute atomic E-state index is 0.0735. The predicted octanol–water partition coefficient (Wildman–Crippen LogP) is 0.881. The highest BCUT2D eigenvalue weighted by atomic mass is 16.6. The van der Waals surface area contributed by atoms with Crippen LogP contribution in [0.3, 0.4) is 0 Å². The zero-order valence-electron chi connectivity index (χ0n) is 18.3. The van der Waals surface area contributed by atoms with E-state index in [-0.39, 0.29) is 28.9 Å². The molecule has 2 rings (SSSR count). The van der Waals surface area contributed by atoms with Crippen molar-refractivity contribution in [3.8, 4) is 0 Å². The number of hydrogen-bond acceptors (Lipinski definition) is 7. The van der Waals surface area contributed by atoms with E-state index in [0.29, 0.717) is 22.3 Å². The SMILES string of the molecule is CC1=C(C)C(=O)N(C)C1=O.CC1=C(C)C(=O)OC1=O.CNC(=O)/C(C)=C(/C)C(=O)O. The van der Waals surface area contributed by atoms with Crippen molar-refractivity contribution in [1.29, 1.82) is 0 Å². The van der Waals surface area contributed by atoms with Crippen LogP contribution < -0.4 is 5.32 Å². The first-order valence-electron chi connectivity index (χ1n) is 8.75. The first kappa shape index (κ1) is 26.4. The molecule has 10 heteroatoms. The van der Waals surface area contributed by atoms with Crippen molar-refractivity contribution in [3.63, 3.8) is 0 Å². The molecule has 0 aromatic carbocycles. The molecule has 0 spiro atoms. The van der Waals surface area contributed by atoms with Gasteiger partial charge >= 0.3 is 17.9 Å². The van der Waals surface area contributed by atoms with Gasteiger partial charge in [0.2, 0.25) is 5.91 Å². The molecular formula is C20H26N2O8. The number of nitrogens with zero attached hydrogens (tertiary/aromatic N) is 1. The Bertz CT molecular complexity index is 860. The summed E-state index contributed by atoms with van der Waals surface area (Å²) in [6.45, 7) is 9.35. The summed E-state index contributed by atoms with van der Waals surface area (Å²) in [7, 11) is 2.95. The van der Waals surface area contributed by atoms with Gasteiger partial charge in [-0.05, 0) is 41.5 Å². The lowest BCUT2D eigenvalue weighted by atomic mass is 10.1. The highest BCUT2D eigenvalue weighted by Crippen LogP contribution is 2.17. The van der Waals surface area contributed by atoms with Crippen molar-refractivity contribution < 1.29 is 38.6 Å². The van der Waals surface area contributed by atoms with Crippen LogP contribution in [0.5, 0.6) is 0 Å². The van der Waals surface area contributed by atoms with Crippen LogP contribution >= 0.6 is 0 Å². The van der Waals surface area contributed by atoms with Gasteiger partial charge in [0, 0.05) is 47.5 Å². The average Bonchev–Trinajstić information content (AvgIpc) is 3.03. The first-order valence-corrected chi connectivity index (χ1v) is 8.75. The van der Waals surface area contributed by atoms with E-state index in [1.54, 1.807) is 27.7 Å². The molecule has 3 amide bonds. The van der Waals surface area contributed by atoms with Crippen LogP contribution in [0.25, 0.3) is 0 Å². The summed E-state index contributed by atoms with van der Waals surface area (Å²) in [6, 6.07) is 0. The second-order valence-electron chi connectivity index (χ2n) is 6.48. The number of carbonyl (C=O) groups excluding carboxylic acids is 5. The van der Waals surface area contributed by atoms with Crippen LogP contribution in [0.4, 0.5) is 0 Å². The van der Waals surface area contributed by atoms with Crippen LogP contribution in [-0.4, -0.2) is 59.7 Å². The van der Waals surface area contributed by atoms with Crippen LogP contribution in [0.1, 0.15) is 41.5 Å². The van der Waals surface area contributed by atoms with Gasteiger partial charge in [-0.15, -0.1) is 0 Å². The highest BCUT2D eigenvalue weighted by molar-refractivity contribution is 6.18. The van der Waals surface area contributed by atoms with Gasteiger partial charge in [0.05, 0.1) is 0 Å². The molecule has 0 unspecified atom stereocenters. The van der Waals surface area contributed by atoms with E-state index >= 15 is 0 Å². The molecule has 2 aliphatic heterocycles. The van der Waals surface area contributed by atoms with Crippen LogP contribution in [0, 0.1) is 0 Å². The standard InChI is InChI=1S/C7H11NO3.C7H9NO2.C6H6O3/c1-4(6(9)8-3)5(2)7(10)11;1-4-5(2)7(10)8(3)6(4)9;1-3-4(2)6(8)9-5(3)7/h1-3H3,(H,8,9)(H,10,11);1-3H3;1-2H3/b5-4-;;. The minimum atomic E-state index is -1.06. The molecule has 0 radical (unpaired) electrons. The maximum atomic E-state index is 11.0. The predicted molar refractivity (Wildman–Crippen MR) is 106 cm³/mol. The summed E-state index contributed by atoms with van der Waals surface area (Å²) in [5.41, 5.74) is 2.27. The quantitative estimate of drug-likeness (QED) is 0.288. The third kappa shape index (κ3) is 6.23. The summed E-state index contributed by atoms with van der Waals surface area (Å²) in [5, 5.41) is 10.8. The number of ether oxygens (including phenoxy) is 1. The molecule has 2 N–H and O–H groups in total. The lowest BCUT2D eigenvalue weighted by Crippen LogP contribution is -2.26. The number of nitrogens with one attached hydrogen (secondary N) is 1. The Morgan fingerprint density at radius 1 is 0.800 bits per heavy atom. The van der Waals surface area contributed by atoms with E-state index in [1.165, 1.54) is 27.9 Å². The Labute approximate surface area is 174 Å². The number of esters is 2. The molecule has 164 valence electrons. The van der Waals surface area contributed by atoms with Gasteiger partial charge in [-0.2, -0.15) is 0 Å². The molecule has 30 heavy (non-hydrogen) atoms. The summed E-state index contributed by atoms with van der Waals surface area (Å²) in [4.78, 5) is 65.2. The number of aliphatic carboxylic acids is 1. The number of carbonyl (C=O) groups is 6. The number of imide groups is 1. The molecule has 0 aliphatic carbocycles. The van der Waals surface area contributed by atoms with Gasteiger partial charge in [-0.1, -0.05) is 0 Å². The normalized spacial score (nSPS) is 16.5. The van der Waals surface area contributed by atoms with Crippen LogP contribution in [0.2, 0.25) is 0 Å². The zero-order chi connectivity index (χ0) is 23.9. The Morgan fingerprint density at radius 2 is 1.17 bits per heavy atom. The van der Waals surface area contributed by atoms with E-state index < -0.39 is 17.9 Å². The van der Waals surface area contributed by atoms with E-state index in [9.17, 15) is 28.8 Å². The fraction of sp³-hybridized carbons (Fsp3) is 0.400. The lowest BCUT2D eigenvalue weighted by molar-refractivity contribution is -0.151. The van der Waals surface area contributed by atoms with Crippen molar-refractivity contribution in [3.05, 3.63) is 33.4 Å². The molecule has 0 saturated carbocycles. The third-order valence-corrected chi connectivity index (χ3v) is 4.62. The molecule has 2 aliphatic rings. The number of likely N-dealkylation sites (N-methyl/N-ethyl adjacent to an activating group) is 2. The van der Waals surface area contributed by atoms with Crippen molar-refractivity contribution in [2.45, 2.75) is 41.5 Å². The lowest BCUT2D eigenvalue weighted by Gasteiger charge is -2.04. The van der Waals surface area contributed by atoms with Crippen molar-refractivity contribution in [2.24, 2.45) is 0 Å². The molecule has 0 saturated heterocycles. The van der Waals surface area contributed by atoms with Gasteiger partial charge in [-0.3, -0.25) is 19.3 Å². The van der Waals surface area contributed by atoms with Gasteiger partial charge in [0.15, 0.2) is 0 Å². The Hall–Kier alpha value is -3.56. The van der Waals surface area contributed by atoms with E-state index in [0.717, 1.165) is 4.90 Å². The van der Waals surface area contributed by atoms with Crippen LogP contribution in [-0.2, 0) is 33.5 Å². The largest absolute Gasteiger partial charge is 0.478 e. The molecule has 0 aromatic heterocycles. The molecule has 2 heterocycles. The summed E-state index contributed by atoms with van der Waals surface area (Å²) in [5.74, 6) is -2.81. The van der Waals surface area contributed by atoms with Gasteiger partial charge < -0.3 is 15.2 Å². The molecule has 0 fully saturated rings. The molecular weight excluding hydrogens is 396 g/mol. The Morgan fingerprint density at radius 3 is 1.33 bits per heavy atom. The fourth-order valence-electron chi connectivity index (χ4n) is 1.98. The second kappa shape index (κ2) is 10.8. The molecule has 10 nitrogen and oxygen atoms in total. The van der Waals surface area contributed by atoms with Crippen LogP contribution in [0.15, 0.2) is 33.4 Å². The maximum Gasteiger partial charge on any atom is 0.342 e. The Balaban J connectivity index is 0.000000422. The zero-order valence-corrected chi connectivity index (χ0v) is 18.3. The number of rotatable bonds is 2. The maximum absolute atomic E-state index is 11.0. The van der Waals surface area contributed by atoms with E-state index in [4.69, 9.17) is 5.11 Å². The molecule has 0 aromatic rings.